The van der Waals surface area contributed by atoms with Gasteiger partial charge in [-0.15, -0.1) is 11.3 Å². The van der Waals surface area contributed by atoms with Gasteiger partial charge in [-0.2, -0.15) is 5.10 Å². The third-order valence-electron chi connectivity index (χ3n) is 4.58. The number of aromatic amines is 1. The number of hydrogen-bond acceptors (Lipinski definition) is 3. The predicted molar refractivity (Wildman–Crippen MR) is 95.3 cm³/mol. The van der Waals surface area contributed by atoms with Gasteiger partial charge in [0.15, 0.2) is 5.69 Å². The number of halogens is 1. The summed E-state index contributed by atoms with van der Waals surface area (Å²) in [5, 5.41) is 12.3. The summed E-state index contributed by atoms with van der Waals surface area (Å²) >= 11 is 1.56. The number of thiophene rings is 1. The van der Waals surface area contributed by atoms with E-state index in [2.05, 4.69) is 15.5 Å². The molecule has 3 aromatic rings. The van der Waals surface area contributed by atoms with Crippen LogP contribution in [0.4, 0.5) is 4.39 Å². The molecule has 1 aliphatic carbocycles. The Morgan fingerprint density at radius 1 is 1.20 bits per heavy atom. The van der Waals surface area contributed by atoms with Crippen LogP contribution in [0.1, 0.15) is 51.1 Å². The van der Waals surface area contributed by atoms with Gasteiger partial charge in [0.25, 0.3) is 5.91 Å². The molecule has 2 N–H and O–H groups in total. The van der Waals surface area contributed by atoms with E-state index in [1.807, 2.05) is 17.5 Å². The van der Waals surface area contributed by atoms with Gasteiger partial charge in [-0.1, -0.05) is 18.2 Å². The Hall–Kier alpha value is -2.47. The summed E-state index contributed by atoms with van der Waals surface area (Å²) in [4.78, 5) is 13.9. The third-order valence-corrected chi connectivity index (χ3v) is 5.52. The lowest BCUT2D eigenvalue weighted by Gasteiger charge is -2.18. The summed E-state index contributed by atoms with van der Waals surface area (Å²) in [6, 6.07) is 9.85. The average Bonchev–Trinajstić information content (AvgIpc) is 3.30. The molecule has 1 aromatic carbocycles. The average molecular weight is 355 g/mol. The first kappa shape index (κ1) is 16.0. The highest BCUT2D eigenvalue weighted by Gasteiger charge is 2.25. The maximum Gasteiger partial charge on any atom is 0.272 e. The Labute approximate surface area is 149 Å². The number of aromatic nitrogens is 2. The molecule has 0 bridgehead atoms. The zero-order valence-corrected chi connectivity index (χ0v) is 14.4. The number of nitrogens with zero attached hydrogens (tertiary/aromatic N) is 1. The fraction of sp³-hybridized carbons (Fsp3) is 0.263. The maximum absolute atomic E-state index is 13.3. The van der Waals surface area contributed by atoms with Gasteiger partial charge in [-0.3, -0.25) is 9.89 Å². The van der Waals surface area contributed by atoms with E-state index in [1.165, 1.54) is 12.1 Å². The number of rotatable bonds is 4. The molecule has 25 heavy (non-hydrogen) atoms. The fourth-order valence-corrected chi connectivity index (χ4v) is 4.10. The highest BCUT2D eigenvalue weighted by Crippen LogP contribution is 2.28. The minimum Gasteiger partial charge on any atom is -0.339 e. The number of amides is 1. The molecule has 0 saturated carbocycles. The van der Waals surface area contributed by atoms with Crippen molar-refractivity contribution in [3.8, 4) is 0 Å². The normalized spacial score (nSPS) is 14.8. The zero-order chi connectivity index (χ0) is 17.2. The van der Waals surface area contributed by atoms with Gasteiger partial charge in [-0.25, -0.2) is 4.39 Å². The first-order valence-corrected chi connectivity index (χ1v) is 9.26. The van der Waals surface area contributed by atoms with E-state index < -0.39 is 0 Å². The Kier molecular flexibility index (Phi) is 4.36. The Morgan fingerprint density at radius 2 is 2.00 bits per heavy atom. The lowest BCUT2D eigenvalue weighted by atomic mass is 9.95. The first-order valence-electron chi connectivity index (χ1n) is 8.38. The number of H-pyrrole nitrogens is 1. The van der Waals surface area contributed by atoms with Crippen molar-refractivity contribution in [1.29, 1.82) is 0 Å². The number of aryl methyl sites for hydroxylation is 1. The SMILES string of the molecule is O=C(NC(c1ccc(F)cc1)c1cccs1)c1n[nH]c2c1CCCC2. The molecule has 4 rings (SSSR count). The third kappa shape index (κ3) is 3.22. The van der Waals surface area contributed by atoms with Crippen molar-refractivity contribution in [2.75, 3.05) is 0 Å². The van der Waals surface area contributed by atoms with Crippen molar-refractivity contribution in [2.45, 2.75) is 31.7 Å². The molecular formula is C19H18FN3OS. The Morgan fingerprint density at radius 3 is 2.76 bits per heavy atom. The van der Waals surface area contributed by atoms with Gasteiger partial charge >= 0.3 is 0 Å². The van der Waals surface area contributed by atoms with Crippen molar-refractivity contribution in [3.63, 3.8) is 0 Å². The molecule has 0 aliphatic heterocycles. The van der Waals surface area contributed by atoms with Crippen molar-refractivity contribution < 1.29 is 9.18 Å². The van der Waals surface area contributed by atoms with Crippen LogP contribution in [0.2, 0.25) is 0 Å². The summed E-state index contributed by atoms with van der Waals surface area (Å²) in [6.07, 6.45) is 4.04. The number of carbonyl (C=O) groups is 1. The van der Waals surface area contributed by atoms with Gasteiger partial charge in [0, 0.05) is 16.1 Å². The summed E-state index contributed by atoms with van der Waals surface area (Å²) in [5.74, 6) is -0.483. The number of nitrogens with one attached hydrogen (secondary N) is 2. The summed E-state index contributed by atoms with van der Waals surface area (Å²) in [7, 11) is 0. The Balaban J connectivity index is 1.63. The first-order chi connectivity index (χ1) is 12.2. The topological polar surface area (TPSA) is 57.8 Å². The van der Waals surface area contributed by atoms with Crippen LogP contribution in [0.15, 0.2) is 41.8 Å². The number of benzene rings is 1. The van der Waals surface area contributed by atoms with E-state index in [-0.39, 0.29) is 17.8 Å². The predicted octanol–water partition coefficient (Wildman–Crippen LogP) is 4.01. The van der Waals surface area contributed by atoms with Crippen molar-refractivity contribution >= 4 is 17.2 Å². The van der Waals surface area contributed by atoms with E-state index in [0.29, 0.717) is 5.69 Å². The van der Waals surface area contributed by atoms with Gasteiger partial charge in [-0.05, 0) is 54.8 Å². The molecular weight excluding hydrogens is 337 g/mol. The summed E-state index contributed by atoms with van der Waals surface area (Å²) in [6.45, 7) is 0. The van der Waals surface area contributed by atoms with E-state index in [1.54, 1.807) is 23.5 Å². The maximum atomic E-state index is 13.3. The van der Waals surface area contributed by atoms with Crippen molar-refractivity contribution in [1.82, 2.24) is 15.5 Å². The molecule has 0 saturated heterocycles. The number of fused-ring (bicyclic) bond motifs is 1. The summed E-state index contributed by atoms with van der Waals surface area (Å²) in [5.41, 5.74) is 3.44. The molecule has 0 radical (unpaired) electrons. The van der Waals surface area contributed by atoms with E-state index in [0.717, 1.165) is 47.4 Å². The van der Waals surface area contributed by atoms with Crippen LogP contribution in [0, 0.1) is 5.82 Å². The Bertz CT molecular complexity index is 871. The van der Waals surface area contributed by atoms with E-state index >= 15 is 0 Å². The van der Waals surface area contributed by atoms with Crippen LogP contribution in [-0.4, -0.2) is 16.1 Å². The van der Waals surface area contributed by atoms with Gasteiger partial charge in [0.05, 0.1) is 6.04 Å². The molecule has 0 spiro atoms. The van der Waals surface area contributed by atoms with Crippen LogP contribution >= 0.6 is 11.3 Å². The van der Waals surface area contributed by atoms with Crippen LogP contribution in [0.5, 0.6) is 0 Å². The lowest BCUT2D eigenvalue weighted by molar-refractivity contribution is 0.0937. The number of hydrogen-bond donors (Lipinski definition) is 2. The minimum absolute atomic E-state index is 0.192. The monoisotopic (exact) mass is 355 g/mol. The lowest BCUT2D eigenvalue weighted by Crippen LogP contribution is -2.30. The molecule has 2 heterocycles. The van der Waals surface area contributed by atoms with Crippen molar-refractivity contribution in [3.05, 3.63) is 75.0 Å². The molecule has 4 nitrogen and oxygen atoms in total. The molecule has 2 aromatic heterocycles. The van der Waals surface area contributed by atoms with Crippen LogP contribution in [0.3, 0.4) is 0 Å². The van der Waals surface area contributed by atoms with E-state index in [4.69, 9.17) is 0 Å². The highest BCUT2D eigenvalue weighted by molar-refractivity contribution is 7.10. The standard InChI is InChI=1S/C19H18FN3OS/c20-13-9-7-12(8-10-13)17(16-6-3-11-25-16)21-19(24)18-14-4-1-2-5-15(14)22-23-18/h3,6-11,17H,1-2,4-5H2,(H,21,24)(H,22,23). The second-order valence-corrected chi connectivity index (χ2v) is 7.19. The second-order valence-electron chi connectivity index (χ2n) is 6.21. The van der Waals surface area contributed by atoms with Gasteiger partial charge in [0.1, 0.15) is 5.82 Å². The second kappa shape index (κ2) is 6.80. The highest BCUT2D eigenvalue weighted by atomic mass is 32.1. The molecule has 128 valence electrons. The zero-order valence-electron chi connectivity index (χ0n) is 13.6. The molecule has 1 amide bonds. The molecule has 6 heteroatoms. The number of carbonyl (C=O) groups excluding carboxylic acids is 1. The molecule has 1 aliphatic rings. The van der Waals surface area contributed by atoms with Crippen LogP contribution in [-0.2, 0) is 12.8 Å². The van der Waals surface area contributed by atoms with Crippen LogP contribution < -0.4 is 5.32 Å². The van der Waals surface area contributed by atoms with Gasteiger partial charge in [0.2, 0.25) is 0 Å². The molecule has 1 unspecified atom stereocenters. The van der Waals surface area contributed by atoms with Crippen LogP contribution in [0.25, 0.3) is 0 Å². The minimum atomic E-state index is -0.316. The molecule has 1 atom stereocenters. The fourth-order valence-electron chi connectivity index (χ4n) is 3.30. The smallest absolute Gasteiger partial charge is 0.272 e. The van der Waals surface area contributed by atoms with Crippen molar-refractivity contribution in [2.24, 2.45) is 0 Å². The quantitative estimate of drug-likeness (QED) is 0.743. The summed E-state index contributed by atoms with van der Waals surface area (Å²) < 4.78 is 13.3. The van der Waals surface area contributed by atoms with E-state index in [9.17, 15) is 9.18 Å². The largest absolute Gasteiger partial charge is 0.339 e. The van der Waals surface area contributed by atoms with Gasteiger partial charge < -0.3 is 5.32 Å². The molecule has 0 fully saturated rings.